The maximum Gasteiger partial charge on any atom is 0.0981 e. The fourth-order valence-corrected chi connectivity index (χ4v) is 1.02. The van der Waals surface area contributed by atoms with Crippen LogP contribution < -0.4 is 0 Å². The molecule has 1 aliphatic heterocycles. The summed E-state index contributed by atoms with van der Waals surface area (Å²) in [5.41, 5.74) is 0. The van der Waals surface area contributed by atoms with E-state index >= 15 is 0 Å². The summed E-state index contributed by atoms with van der Waals surface area (Å²) in [6.07, 6.45) is 4.32. The predicted octanol–water partition coefficient (Wildman–Crippen LogP) is 2.19. The van der Waals surface area contributed by atoms with E-state index in [4.69, 9.17) is 4.74 Å². The Labute approximate surface area is 56.7 Å². The van der Waals surface area contributed by atoms with Crippen LogP contribution in [0.5, 0.6) is 0 Å². The molecule has 1 nitrogen and oxygen atoms in total. The zero-order valence-electron chi connectivity index (χ0n) is 6.29. The Kier molecular flexibility index (Phi) is 1.79. The largest absolute Gasteiger partial charge is 0.498 e. The summed E-state index contributed by atoms with van der Waals surface area (Å²) >= 11 is 0. The van der Waals surface area contributed by atoms with Gasteiger partial charge in [0.05, 0.1) is 12.4 Å². The first-order valence-corrected chi connectivity index (χ1v) is 3.54. The van der Waals surface area contributed by atoms with Crippen molar-refractivity contribution in [1.82, 2.24) is 0 Å². The SMILES string of the molecule is C[C@H]1[C@@H](C)C=CO[C@@H]1C. The zero-order chi connectivity index (χ0) is 6.85. The molecule has 0 spiro atoms. The highest BCUT2D eigenvalue weighted by atomic mass is 16.5. The van der Waals surface area contributed by atoms with Crippen molar-refractivity contribution in [3.63, 3.8) is 0 Å². The van der Waals surface area contributed by atoms with Gasteiger partial charge in [0.25, 0.3) is 0 Å². The second-order valence-corrected chi connectivity index (χ2v) is 2.89. The number of hydrogen-bond acceptors (Lipinski definition) is 1. The summed E-state index contributed by atoms with van der Waals surface area (Å²) in [6.45, 7) is 6.56. The smallest absolute Gasteiger partial charge is 0.0981 e. The first kappa shape index (κ1) is 6.66. The van der Waals surface area contributed by atoms with E-state index in [1.165, 1.54) is 0 Å². The monoisotopic (exact) mass is 126 g/mol. The maximum atomic E-state index is 5.28. The highest BCUT2D eigenvalue weighted by molar-refractivity contribution is 4.90. The van der Waals surface area contributed by atoms with Crippen molar-refractivity contribution in [2.45, 2.75) is 26.9 Å². The number of ether oxygens (including phenoxy) is 1. The van der Waals surface area contributed by atoms with Crippen molar-refractivity contribution in [2.24, 2.45) is 11.8 Å². The Balaban J connectivity index is 2.58. The molecule has 52 valence electrons. The van der Waals surface area contributed by atoms with Gasteiger partial charge >= 0.3 is 0 Å². The third-order valence-electron chi connectivity index (χ3n) is 2.25. The van der Waals surface area contributed by atoms with Crippen molar-refractivity contribution in [3.05, 3.63) is 12.3 Å². The molecule has 0 amide bonds. The van der Waals surface area contributed by atoms with E-state index in [9.17, 15) is 0 Å². The first-order chi connectivity index (χ1) is 4.22. The highest BCUT2D eigenvalue weighted by Gasteiger charge is 2.20. The Bertz CT molecular complexity index is 118. The molecule has 0 saturated heterocycles. The van der Waals surface area contributed by atoms with Gasteiger partial charge in [-0.1, -0.05) is 13.8 Å². The molecular formula is C8H14O. The number of allylic oxidation sites excluding steroid dienone is 1. The summed E-state index contributed by atoms with van der Waals surface area (Å²) in [6, 6.07) is 0. The molecule has 0 aliphatic carbocycles. The molecule has 9 heavy (non-hydrogen) atoms. The van der Waals surface area contributed by atoms with Crippen LogP contribution in [0.15, 0.2) is 12.3 Å². The van der Waals surface area contributed by atoms with Crippen molar-refractivity contribution in [3.8, 4) is 0 Å². The predicted molar refractivity (Wildman–Crippen MR) is 38.0 cm³/mol. The molecule has 0 bridgehead atoms. The van der Waals surface area contributed by atoms with Crippen LogP contribution in [0.1, 0.15) is 20.8 Å². The lowest BCUT2D eigenvalue weighted by molar-refractivity contribution is 0.0742. The van der Waals surface area contributed by atoms with E-state index in [1.807, 2.05) is 6.26 Å². The van der Waals surface area contributed by atoms with E-state index in [1.54, 1.807) is 0 Å². The van der Waals surface area contributed by atoms with Crippen molar-refractivity contribution in [2.75, 3.05) is 0 Å². The molecule has 3 atom stereocenters. The van der Waals surface area contributed by atoms with Gasteiger partial charge in [0, 0.05) is 0 Å². The lowest BCUT2D eigenvalue weighted by Gasteiger charge is -2.27. The maximum absolute atomic E-state index is 5.28. The molecule has 0 aromatic heterocycles. The molecule has 1 rings (SSSR count). The van der Waals surface area contributed by atoms with Crippen LogP contribution >= 0.6 is 0 Å². The van der Waals surface area contributed by atoms with E-state index in [0.29, 0.717) is 17.9 Å². The van der Waals surface area contributed by atoms with Gasteiger partial charge in [-0.2, -0.15) is 0 Å². The Hall–Kier alpha value is -0.460. The minimum atomic E-state index is 0.394. The third kappa shape index (κ3) is 1.26. The van der Waals surface area contributed by atoms with Crippen LogP contribution in [-0.4, -0.2) is 6.10 Å². The van der Waals surface area contributed by atoms with Crippen molar-refractivity contribution in [1.29, 1.82) is 0 Å². The molecule has 1 heterocycles. The number of rotatable bonds is 0. The minimum absolute atomic E-state index is 0.394. The Morgan fingerprint density at radius 2 is 1.89 bits per heavy atom. The Morgan fingerprint density at radius 3 is 2.33 bits per heavy atom. The third-order valence-corrected chi connectivity index (χ3v) is 2.25. The second kappa shape index (κ2) is 2.42. The van der Waals surface area contributed by atoms with Gasteiger partial charge in [0.2, 0.25) is 0 Å². The normalized spacial score (nSPS) is 42.3. The van der Waals surface area contributed by atoms with Crippen LogP contribution in [0.3, 0.4) is 0 Å². The van der Waals surface area contributed by atoms with Gasteiger partial charge in [0.1, 0.15) is 0 Å². The van der Waals surface area contributed by atoms with Gasteiger partial charge in [0.15, 0.2) is 0 Å². The van der Waals surface area contributed by atoms with Crippen LogP contribution in [0, 0.1) is 11.8 Å². The van der Waals surface area contributed by atoms with Crippen molar-refractivity contribution < 1.29 is 4.74 Å². The van der Waals surface area contributed by atoms with E-state index in [2.05, 4.69) is 26.8 Å². The van der Waals surface area contributed by atoms with Crippen LogP contribution in [-0.2, 0) is 4.74 Å². The lowest BCUT2D eigenvalue weighted by atomic mass is 9.90. The first-order valence-electron chi connectivity index (χ1n) is 3.54. The molecule has 0 saturated carbocycles. The van der Waals surface area contributed by atoms with Crippen LogP contribution in [0.25, 0.3) is 0 Å². The van der Waals surface area contributed by atoms with E-state index in [-0.39, 0.29) is 0 Å². The molecular weight excluding hydrogens is 112 g/mol. The second-order valence-electron chi connectivity index (χ2n) is 2.89. The molecule has 0 radical (unpaired) electrons. The van der Waals surface area contributed by atoms with Gasteiger partial charge in [-0.25, -0.2) is 0 Å². The average molecular weight is 126 g/mol. The fraction of sp³-hybridized carbons (Fsp3) is 0.750. The molecule has 0 fully saturated rings. The summed E-state index contributed by atoms with van der Waals surface area (Å²) < 4.78 is 5.28. The topological polar surface area (TPSA) is 9.23 Å². The summed E-state index contributed by atoms with van der Waals surface area (Å²) in [5.74, 6) is 1.34. The molecule has 0 N–H and O–H groups in total. The highest BCUT2D eigenvalue weighted by Crippen LogP contribution is 2.22. The lowest BCUT2D eigenvalue weighted by Crippen LogP contribution is -2.24. The van der Waals surface area contributed by atoms with Crippen LogP contribution in [0.4, 0.5) is 0 Å². The standard InChI is InChI=1S/C8H14O/c1-6-4-5-9-8(3)7(6)2/h4-8H,1-3H3/t6-,7-,8+/m0/s1. The molecule has 1 heteroatoms. The van der Waals surface area contributed by atoms with Gasteiger partial charge in [-0.05, 0) is 24.8 Å². The van der Waals surface area contributed by atoms with Crippen LogP contribution in [0.2, 0.25) is 0 Å². The molecule has 1 aliphatic rings. The summed E-state index contributed by atoms with van der Waals surface area (Å²) in [4.78, 5) is 0. The van der Waals surface area contributed by atoms with Gasteiger partial charge in [-0.15, -0.1) is 0 Å². The zero-order valence-corrected chi connectivity index (χ0v) is 6.29. The average Bonchev–Trinajstić information content (AvgIpc) is 1.83. The summed E-state index contributed by atoms with van der Waals surface area (Å²) in [5, 5.41) is 0. The minimum Gasteiger partial charge on any atom is -0.498 e. The van der Waals surface area contributed by atoms with Gasteiger partial charge < -0.3 is 4.74 Å². The van der Waals surface area contributed by atoms with Gasteiger partial charge in [-0.3, -0.25) is 0 Å². The molecule has 0 aromatic rings. The summed E-state index contributed by atoms with van der Waals surface area (Å²) in [7, 11) is 0. The van der Waals surface area contributed by atoms with E-state index in [0.717, 1.165) is 0 Å². The van der Waals surface area contributed by atoms with E-state index < -0.39 is 0 Å². The fourth-order valence-electron chi connectivity index (χ4n) is 1.02. The molecule has 0 aromatic carbocycles. The number of hydrogen-bond donors (Lipinski definition) is 0. The van der Waals surface area contributed by atoms with Crippen molar-refractivity contribution >= 4 is 0 Å². The Morgan fingerprint density at radius 1 is 1.22 bits per heavy atom. The quantitative estimate of drug-likeness (QED) is 0.483. The molecule has 0 unspecified atom stereocenters.